The molecule has 0 radical (unpaired) electrons. The van der Waals surface area contributed by atoms with Gasteiger partial charge in [-0.15, -0.1) is 0 Å². The molecule has 0 spiro atoms. The van der Waals surface area contributed by atoms with Gasteiger partial charge >= 0.3 is 6.09 Å². The van der Waals surface area contributed by atoms with Gasteiger partial charge in [0.25, 0.3) is 0 Å². The largest absolute Gasteiger partial charge is 0.474 e. The molecule has 1 unspecified atom stereocenters. The zero-order valence-corrected chi connectivity index (χ0v) is 20.1. The molecule has 2 aromatic heterocycles. The third-order valence-electron chi connectivity index (χ3n) is 7.50. The molecule has 1 amide bonds. The standard InChI is InChI=1S/C26H29FN6O3/c1-14-18(12-31-24-23(14)29-6-9-35-24)17-10-16-11-20(30-13-19(16)22(28)21(17)27)32-26(34)36-25-15-4-2-7-33(25)8-3-5-15/h10-13,15,25,29H,2-9,28H2,1H3,(H,30,32,34). The van der Waals surface area contributed by atoms with E-state index in [-0.39, 0.29) is 11.9 Å². The first kappa shape index (κ1) is 22.8. The second kappa shape index (κ2) is 9.09. The van der Waals surface area contributed by atoms with E-state index < -0.39 is 11.9 Å². The van der Waals surface area contributed by atoms with Gasteiger partial charge in [-0.25, -0.2) is 19.2 Å². The molecular weight excluding hydrogens is 463 g/mol. The van der Waals surface area contributed by atoms with Gasteiger partial charge in [0, 0.05) is 54.5 Å². The van der Waals surface area contributed by atoms with E-state index in [2.05, 4.69) is 25.5 Å². The van der Waals surface area contributed by atoms with Crippen LogP contribution >= 0.6 is 0 Å². The number of pyridine rings is 2. The first-order valence-electron chi connectivity index (χ1n) is 12.5. The zero-order chi connectivity index (χ0) is 24.8. The number of ether oxygens (including phenoxy) is 2. The number of nitrogen functional groups attached to an aromatic ring is 1. The first-order valence-corrected chi connectivity index (χ1v) is 12.5. The summed E-state index contributed by atoms with van der Waals surface area (Å²) in [6.07, 6.45) is 6.77. The molecule has 3 aromatic rings. The maximum Gasteiger partial charge on any atom is 0.414 e. The molecule has 3 aliphatic heterocycles. The number of aromatic nitrogens is 2. The number of carbonyl (C=O) groups is 1. The highest BCUT2D eigenvalue weighted by molar-refractivity contribution is 5.99. The van der Waals surface area contributed by atoms with Crippen molar-refractivity contribution in [1.82, 2.24) is 14.9 Å². The Morgan fingerprint density at radius 2 is 2.03 bits per heavy atom. The number of rotatable bonds is 3. The smallest absolute Gasteiger partial charge is 0.414 e. The summed E-state index contributed by atoms with van der Waals surface area (Å²) < 4.78 is 26.8. The van der Waals surface area contributed by atoms with Crippen LogP contribution in [0.5, 0.6) is 5.88 Å². The van der Waals surface area contributed by atoms with Crippen molar-refractivity contribution < 1.29 is 18.7 Å². The maximum atomic E-state index is 15.4. The van der Waals surface area contributed by atoms with Gasteiger partial charge in [-0.05, 0) is 55.7 Å². The summed E-state index contributed by atoms with van der Waals surface area (Å²) in [5, 5.41) is 7.13. The van der Waals surface area contributed by atoms with Crippen molar-refractivity contribution in [2.45, 2.75) is 38.8 Å². The van der Waals surface area contributed by atoms with Crippen LogP contribution in [0.4, 0.5) is 26.4 Å². The maximum absolute atomic E-state index is 15.4. The molecule has 1 aromatic carbocycles. The van der Waals surface area contributed by atoms with Crippen LogP contribution < -0.4 is 21.1 Å². The Bertz CT molecular complexity index is 1330. The fraction of sp³-hybridized carbons (Fsp3) is 0.423. The number of nitrogens with one attached hydrogen (secondary N) is 2. The number of nitrogens with two attached hydrogens (primary N) is 1. The Kier molecular flexibility index (Phi) is 5.75. The quantitative estimate of drug-likeness (QED) is 0.458. The lowest BCUT2D eigenvalue weighted by atomic mass is 9.87. The molecule has 4 N–H and O–H groups in total. The molecular formula is C26H29FN6O3. The lowest BCUT2D eigenvalue weighted by Gasteiger charge is -2.44. The Morgan fingerprint density at radius 1 is 1.22 bits per heavy atom. The van der Waals surface area contributed by atoms with Crippen LogP contribution in [-0.4, -0.2) is 53.4 Å². The number of carbonyl (C=O) groups excluding carboxylic acids is 1. The van der Waals surface area contributed by atoms with Gasteiger partial charge < -0.3 is 20.5 Å². The normalized spacial score (nSPS) is 22.8. The van der Waals surface area contributed by atoms with Gasteiger partial charge in [-0.3, -0.25) is 10.2 Å². The predicted octanol–water partition coefficient (Wildman–Crippen LogP) is 4.51. The van der Waals surface area contributed by atoms with Crippen LogP contribution in [0.1, 0.15) is 31.2 Å². The van der Waals surface area contributed by atoms with Crippen LogP contribution in [0.2, 0.25) is 0 Å². The first-order chi connectivity index (χ1) is 17.5. The van der Waals surface area contributed by atoms with Crippen LogP contribution in [-0.2, 0) is 4.74 Å². The van der Waals surface area contributed by atoms with E-state index in [1.165, 1.54) is 6.20 Å². The Hall–Kier alpha value is -3.66. The van der Waals surface area contributed by atoms with Crippen LogP contribution in [0.25, 0.3) is 21.9 Å². The molecule has 2 fully saturated rings. The number of hydrogen-bond acceptors (Lipinski definition) is 8. The molecule has 6 rings (SSSR count). The molecule has 0 saturated carbocycles. The topological polar surface area (TPSA) is 115 Å². The average Bonchev–Trinajstić information content (AvgIpc) is 2.87. The minimum Gasteiger partial charge on any atom is -0.474 e. The lowest BCUT2D eigenvalue weighted by molar-refractivity contribution is -0.0922. The van der Waals surface area contributed by atoms with Crippen molar-refractivity contribution in [2.24, 2.45) is 5.92 Å². The minimum atomic E-state index is -0.540. The van der Waals surface area contributed by atoms with Gasteiger partial charge in [0.05, 0.1) is 5.69 Å². The van der Waals surface area contributed by atoms with Crippen molar-refractivity contribution in [2.75, 3.05) is 42.6 Å². The van der Waals surface area contributed by atoms with E-state index in [1.54, 1.807) is 18.3 Å². The number of hydrogen-bond donors (Lipinski definition) is 3. The summed E-state index contributed by atoms with van der Waals surface area (Å²) in [4.78, 5) is 23.6. The number of piperidine rings is 2. The molecule has 2 saturated heterocycles. The number of fused-ring (bicyclic) bond motifs is 4. The summed E-state index contributed by atoms with van der Waals surface area (Å²) in [5.41, 5.74) is 8.68. The van der Waals surface area contributed by atoms with E-state index in [4.69, 9.17) is 15.2 Å². The number of anilines is 3. The van der Waals surface area contributed by atoms with E-state index in [9.17, 15) is 4.79 Å². The van der Waals surface area contributed by atoms with Gasteiger partial charge in [-0.2, -0.15) is 0 Å². The van der Waals surface area contributed by atoms with Crippen LogP contribution in [0.3, 0.4) is 0 Å². The SMILES string of the molecule is Cc1c(-c2cc3cc(NC(=O)OC4C5CCCN4CCC5)ncc3c(N)c2F)cnc2c1NCCO2. The third-order valence-corrected chi connectivity index (χ3v) is 7.50. The monoisotopic (exact) mass is 492 g/mol. The molecule has 1 atom stereocenters. The molecule has 0 aliphatic carbocycles. The van der Waals surface area contributed by atoms with E-state index in [0.717, 1.165) is 50.0 Å². The van der Waals surface area contributed by atoms with Gasteiger partial charge in [-0.1, -0.05) is 0 Å². The summed E-state index contributed by atoms with van der Waals surface area (Å²) in [7, 11) is 0. The van der Waals surface area contributed by atoms with Crippen molar-refractivity contribution >= 4 is 34.1 Å². The number of nitrogens with zero attached hydrogens (tertiary/aromatic N) is 3. The Balaban J connectivity index is 1.29. The van der Waals surface area contributed by atoms with E-state index in [0.29, 0.717) is 52.7 Å². The molecule has 5 heterocycles. The highest BCUT2D eigenvalue weighted by atomic mass is 19.1. The van der Waals surface area contributed by atoms with E-state index >= 15 is 4.39 Å². The molecule has 9 nitrogen and oxygen atoms in total. The highest BCUT2D eigenvalue weighted by Crippen LogP contribution is 2.40. The predicted molar refractivity (Wildman–Crippen MR) is 135 cm³/mol. The van der Waals surface area contributed by atoms with Gasteiger partial charge in [0.2, 0.25) is 5.88 Å². The van der Waals surface area contributed by atoms with Crippen molar-refractivity contribution in [3.63, 3.8) is 0 Å². The molecule has 36 heavy (non-hydrogen) atoms. The highest BCUT2D eigenvalue weighted by Gasteiger charge is 2.37. The van der Waals surface area contributed by atoms with Crippen LogP contribution in [0, 0.1) is 18.7 Å². The molecule has 188 valence electrons. The molecule has 3 aliphatic rings. The number of amides is 1. The average molecular weight is 493 g/mol. The third kappa shape index (κ3) is 3.95. The second-order valence-corrected chi connectivity index (χ2v) is 9.70. The zero-order valence-electron chi connectivity index (χ0n) is 20.1. The number of halogens is 1. The summed E-state index contributed by atoms with van der Waals surface area (Å²) in [5.74, 6) is 0.658. The molecule has 10 heteroatoms. The Labute approximate surface area is 208 Å². The minimum absolute atomic E-state index is 0.00622. The van der Waals surface area contributed by atoms with E-state index in [1.807, 2.05) is 6.92 Å². The fourth-order valence-electron chi connectivity index (χ4n) is 5.68. The number of benzene rings is 1. The van der Waals surface area contributed by atoms with Crippen molar-refractivity contribution in [3.8, 4) is 17.0 Å². The van der Waals surface area contributed by atoms with Gasteiger partial charge in [0.15, 0.2) is 12.0 Å². The second-order valence-electron chi connectivity index (χ2n) is 9.70. The summed E-state index contributed by atoms with van der Waals surface area (Å²) in [6, 6.07) is 3.39. The van der Waals surface area contributed by atoms with Gasteiger partial charge in [0.1, 0.15) is 18.1 Å². The summed E-state index contributed by atoms with van der Waals surface area (Å²) in [6.45, 7) is 4.98. The Morgan fingerprint density at radius 3 is 2.81 bits per heavy atom. The molecule has 2 bridgehead atoms. The van der Waals surface area contributed by atoms with Crippen molar-refractivity contribution in [3.05, 3.63) is 35.9 Å². The van der Waals surface area contributed by atoms with Crippen molar-refractivity contribution in [1.29, 1.82) is 0 Å². The summed E-state index contributed by atoms with van der Waals surface area (Å²) >= 11 is 0. The lowest BCUT2D eigenvalue weighted by Crippen LogP contribution is -2.51. The van der Waals surface area contributed by atoms with Crippen LogP contribution in [0.15, 0.2) is 24.5 Å². The fourth-order valence-corrected chi connectivity index (χ4v) is 5.68.